The van der Waals surface area contributed by atoms with Crippen molar-refractivity contribution in [3.63, 3.8) is 0 Å². The van der Waals surface area contributed by atoms with Crippen molar-refractivity contribution in [3.05, 3.63) is 88.0 Å². The van der Waals surface area contributed by atoms with E-state index < -0.39 is 0 Å². The molecule has 1 unspecified atom stereocenters. The monoisotopic (exact) mass is 445 g/mol. The maximum absolute atomic E-state index is 13.2. The second kappa shape index (κ2) is 8.55. The molecule has 1 saturated heterocycles. The van der Waals surface area contributed by atoms with Gasteiger partial charge in [0, 0.05) is 37.0 Å². The molecule has 1 atom stereocenters. The van der Waals surface area contributed by atoms with Crippen LogP contribution in [0.4, 0.5) is 0 Å². The fourth-order valence-corrected chi connectivity index (χ4v) is 4.99. The van der Waals surface area contributed by atoms with Gasteiger partial charge in [0.15, 0.2) is 0 Å². The minimum atomic E-state index is -0.179. The number of carbonyl (C=O) groups is 1. The lowest BCUT2D eigenvalue weighted by molar-refractivity contribution is 0.0698. The molecule has 7 nitrogen and oxygen atoms in total. The number of para-hydroxylation sites is 1. The molecule has 0 N–H and O–H groups in total. The van der Waals surface area contributed by atoms with E-state index in [1.165, 1.54) is 16.0 Å². The zero-order valence-corrected chi connectivity index (χ0v) is 18.5. The summed E-state index contributed by atoms with van der Waals surface area (Å²) in [6.45, 7) is 1.19. The van der Waals surface area contributed by atoms with Gasteiger partial charge >= 0.3 is 5.69 Å². The smallest absolute Gasteiger partial charge is 0.337 e. The highest BCUT2D eigenvalue weighted by atomic mass is 32.1. The Labute approximate surface area is 189 Å². The highest BCUT2D eigenvalue weighted by Gasteiger charge is 2.31. The van der Waals surface area contributed by atoms with Crippen LogP contribution in [0.1, 0.15) is 35.1 Å². The van der Waals surface area contributed by atoms with Crippen molar-refractivity contribution >= 4 is 17.2 Å². The van der Waals surface area contributed by atoms with Crippen LogP contribution >= 0.6 is 11.3 Å². The van der Waals surface area contributed by atoms with Gasteiger partial charge in [0.25, 0.3) is 5.91 Å². The predicted molar refractivity (Wildman–Crippen MR) is 124 cm³/mol. The number of amides is 1. The van der Waals surface area contributed by atoms with Crippen molar-refractivity contribution in [2.75, 3.05) is 13.1 Å². The summed E-state index contributed by atoms with van der Waals surface area (Å²) in [7, 11) is 1.66. The molecule has 0 bridgehead atoms. The van der Waals surface area contributed by atoms with Gasteiger partial charge < -0.3 is 4.90 Å². The highest BCUT2D eigenvalue weighted by Crippen LogP contribution is 2.29. The minimum absolute atomic E-state index is 0.0194. The van der Waals surface area contributed by atoms with Gasteiger partial charge in [-0.3, -0.25) is 4.79 Å². The van der Waals surface area contributed by atoms with E-state index in [2.05, 4.69) is 10.1 Å². The van der Waals surface area contributed by atoms with E-state index in [9.17, 15) is 9.59 Å². The van der Waals surface area contributed by atoms with Crippen molar-refractivity contribution in [1.29, 1.82) is 0 Å². The summed E-state index contributed by atoms with van der Waals surface area (Å²) in [4.78, 5) is 32.4. The molecule has 5 rings (SSSR count). The van der Waals surface area contributed by atoms with Crippen LogP contribution in [-0.4, -0.2) is 43.2 Å². The number of piperidine rings is 1. The van der Waals surface area contributed by atoms with Gasteiger partial charge in [-0.2, -0.15) is 5.10 Å². The molecule has 2 aromatic heterocycles. The number of aromatic nitrogens is 4. The molecule has 4 aromatic rings. The summed E-state index contributed by atoms with van der Waals surface area (Å²) in [5.74, 6) is 0.608. The van der Waals surface area contributed by atoms with E-state index in [4.69, 9.17) is 0 Å². The van der Waals surface area contributed by atoms with Crippen LogP contribution in [0.15, 0.2) is 70.8 Å². The van der Waals surface area contributed by atoms with E-state index in [1.54, 1.807) is 11.6 Å². The number of carbonyl (C=O) groups excluding carboxylic acids is 1. The first-order chi connectivity index (χ1) is 15.6. The van der Waals surface area contributed by atoms with E-state index in [-0.39, 0.29) is 17.5 Å². The maximum Gasteiger partial charge on any atom is 0.350 e. The molecule has 1 fully saturated rings. The number of hydrogen-bond acceptors (Lipinski definition) is 5. The van der Waals surface area contributed by atoms with E-state index >= 15 is 0 Å². The molecule has 1 amide bonds. The molecule has 1 aliphatic rings. The molecule has 162 valence electrons. The second-order valence-electron chi connectivity index (χ2n) is 7.93. The standard InChI is InChI=1S/C24H23N5O2S/c1-27-24(31)29(19-12-6-3-7-13-19)21(26-27)18-11-8-14-28(15-18)23(30)20-16-32-22(25-20)17-9-4-2-5-10-17/h2-7,9-10,12-13,16,18H,8,11,14-15H2,1H3. The molecule has 3 heterocycles. The molecular weight excluding hydrogens is 422 g/mol. The average molecular weight is 446 g/mol. The molecular formula is C24H23N5O2S. The number of thiazole rings is 1. The Kier molecular flexibility index (Phi) is 5.45. The van der Waals surface area contributed by atoms with E-state index in [0.29, 0.717) is 24.6 Å². The molecule has 0 radical (unpaired) electrons. The lowest BCUT2D eigenvalue weighted by Gasteiger charge is -2.31. The summed E-state index contributed by atoms with van der Waals surface area (Å²) >= 11 is 1.48. The van der Waals surface area contributed by atoms with Gasteiger partial charge in [0.2, 0.25) is 0 Å². The SMILES string of the molecule is Cn1nc(C2CCCN(C(=O)c3csc(-c4ccccc4)n3)C2)n(-c2ccccc2)c1=O. The van der Waals surface area contributed by atoms with Crippen LogP contribution in [-0.2, 0) is 7.05 Å². The normalized spacial score (nSPS) is 16.3. The predicted octanol–water partition coefficient (Wildman–Crippen LogP) is 3.71. The Bertz CT molecular complexity index is 1290. The topological polar surface area (TPSA) is 73.0 Å². The lowest BCUT2D eigenvalue weighted by Crippen LogP contribution is -2.40. The van der Waals surface area contributed by atoms with Crippen molar-refractivity contribution < 1.29 is 4.79 Å². The first kappa shape index (κ1) is 20.4. The van der Waals surface area contributed by atoms with Gasteiger partial charge in [-0.1, -0.05) is 48.5 Å². The van der Waals surface area contributed by atoms with Gasteiger partial charge in [0.05, 0.1) is 5.69 Å². The molecule has 1 aliphatic heterocycles. The Balaban J connectivity index is 1.40. The molecule has 0 saturated carbocycles. The molecule has 2 aromatic carbocycles. The fourth-order valence-electron chi connectivity index (χ4n) is 4.19. The number of benzene rings is 2. The number of nitrogens with zero attached hydrogens (tertiary/aromatic N) is 5. The van der Waals surface area contributed by atoms with Gasteiger partial charge in [-0.15, -0.1) is 11.3 Å². The Morgan fingerprint density at radius 1 is 1.06 bits per heavy atom. The van der Waals surface area contributed by atoms with Crippen LogP contribution in [0.25, 0.3) is 16.3 Å². The Morgan fingerprint density at radius 2 is 1.78 bits per heavy atom. The highest BCUT2D eigenvalue weighted by molar-refractivity contribution is 7.13. The lowest BCUT2D eigenvalue weighted by atomic mass is 9.96. The Morgan fingerprint density at radius 3 is 2.53 bits per heavy atom. The first-order valence-corrected chi connectivity index (χ1v) is 11.5. The third-order valence-electron chi connectivity index (χ3n) is 5.78. The number of aryl methyl sites for hydroxylation is 1. The van der Waals surface area contributed by atoms with Gasteiger partial charge in [0.1, 0.15) is 16.5 Å². The minimum Gasteiger partial charge on any atom is -0.337 e. The van der Waals surface area contributed by atoms with Crippen molar-refractivity contribution in [3.8, 4) is 16.3 Å². The van der Waals surface area contributed by atoms with Crippen LogP contribution in [0.3, 0.4) is 0 Å². The Hall–Kier alpha value is -3.52. The summed E-state index contributed by atoms with van der Waals surface area (Å²) in [5, 5.41) is 7.20. The summed E-state index contributed by atoms with van der Waals surface area (Å²) in [6, 6.07) is 19.4. The first-order valence-electron chi connectivity index (χ1n) is 10.6. The molecule has 32 heavy (non-hydrogen) atoms. The number of hydrogen-bond donors (Lipinski definition) is 0. The molecule has 0 spiro atoms. The van der Waals surface area contributed by atoms with Crippen LogP contribution in [0.5, 0.6) is 0 Å². The summed E-state index contributed by atoms with van der Waals surface area (Å²) in [5.41, 5.74) is 2.09. The van der Waals surface area contributed by atoms with Crippen LogP contribution < -0.4 is 5.69 Å². The van der Waals surface area contributed by atoms with Gasteiger partial charge in [-0.05, 0) is 25.0 Å². The third kappa shape index (κ3) is 3.78. The number of rotatable bonds is 4. The zero-order chi connectivity index (χ0) is 22.1. The van der Waals surface area contributed by atoms with Crippen LogP contribution in [0, 0.1) is 0 Å². The average Bonchev–Trinajstić information content (AvgIpc) is 3.45. The summed E-state index contributed by atoms with van der Waals surface area (Å²) < 4.78 is 3.03. The van der Waals surface area contributed by atoms with Crippen molar-refractivity contribution in [1.82, 2.24) is 24.2 Å². The van der Waals surface area contributed by atoms with Crippen LogP contribution in [0.2, 0.25) is 0 Å². The quantitative estimate of drug-likeness (QED) is 0.480. The molecule has 8 heteroatoms. The third-order valence-corrected chi connectivity index (χ3v) is 6.67. The second-order valence-corrected chi connectivity index (χ2v) is 8.79. The number of likely N-dealkylation sites (tertiary alicyclic amines) is 1. The van der Waals surface area contributed by atoms with Crippen molar-refractivity contribution in [2.24, 2.45) is 7.05 Å². The summed E-state index contributed by atoms with van der Waals surface area (Å²) in [6.07, 6.45) is 1.73. The largest absolute Gasteiger partial charge is 0.350 e. The molecule has 0 aliphatic carbocycles. The van der Waals surface area contributed by atoms with Gasteiger partial charge in [-0.25, -0.2) is 19.0 Å². The van der Waals surface area contributed by atoms with Crippen molar-refractivity contribution in [2.45, 2.75) is 18.8 Å². The van der Waals surface area contributed by atoms with E-state index in [0.717, 1.165) is 29.1 Å². The zero-order valence-electron chi connectivity index (χ0n) is 17.7. The maximum atomic E-state index is 13.2. The van der Waals surface area contributed by atoms with E-state index in [1.807, 2.05) is 70.9 Å². The fraction of sp³-hybridized carbons (Fsp3) is 0.250.